The van der Waals surface area contributed by atoms with Gasteiger partial charge in [-0.15, -0.1) is 0 Å². The van der Waals surface area contributed by atoms with E-state index in [0.29, 0.717) is 18.4 Å². The smallest absolute Gasteiger partial charge is 0.326 e. The minimum absolute atomic E-state index is 0.0109. The third kappa shape index (κ3) is 47.6. The van der Waals surface area contributed by atoms with Crippen molar-refractivity contribution in [3.63, 3.8) is 0 Å². The van der Waals surface area contributed by atoms with Crippen molar-refractivity contribution in [3.05, 3.63) is 29.8 Å². The van der Waals surface area contributed by atoms with E-state index in [1.807, 2.05) is 0 Å². The number of benzene rings is 1. The number of aromatic hydroxyl groups is 1. The summed E-state index contributed by atoms with van der Waals surface area (Å²) in [4.78, 5) is 224. The van der Waals surface area contributed by atoms with Gasteiger partial charge < -0.3 is 146 Å². The highest BCUT2D eigenvalue weighted by atomic mass is 32.2. The van der Waals surface area contributed by atoms with Crippen LogP contribution in [0.25, 0.3) is 0 Å². The van der Waals surface area contributed by atoms with E-state index in [2.05, 4.69) is 90.4 Å². The molecule has 127 heavy (non-hydrogen) atoms. The molecule has 1 aromatic carbocycles. The van der Waals surface area contributed by atoms with Crippen LogP contribution in [0.3, 0.4) is 0 Å². The molecule has 0 aliphatic heterocycles. The molecule has 0 heterocycles. The lowest BCUT2D eigenvalue weighted by Crippen LogP contribution is -2.61. The zero-order chi connectivity index (χ0) is 96.3. The first-order valence-electron chi connectivity index (χ1n) is 42.8. The second-order valence-corrected chi connectivity index (χ2v) is 33.5. The molecular formula is C80H143N27O19S. The standard InChI is InChI=1S/C80H143N27O19S/c1-41(2)37-57(104-68(116)51(20-13-15-32-82)98-71(119)56(30-36-127-11)96-64(112)46(9)95-76(124)62(47(10)108)107-72(120)54(23-18-35-93-80(89)90)101-75(123)59(103-63(111)44(7)83)40-48-24-26-49(109)27-25-48)73(121)100-52(21-16-33-91-78(85)86)67(115)99-53(22-17-34-92-79(87)88)69(117)105-58(38-42(3)4)74(122)102-55(28-29-61(84)110)70(118)97-50(19-12-14-31-81)66(114)94-45(8)65(113)106-60(77(125)126)39-43(5)6/h24-27,41-47,50-60,62,108-109H,12-23,28-40,81-83H2,1-11H3,(H2,84,110)(H,94,114)(H,95,124)(H,96,112)(H,97,118)(H,98,119)(H,99,115)(H,100,121)(H,101,123)(H,102,122)(H,103,111)(H,104,116)(H,105,117)(H,106,113)(H,107,120)(H,125,126)(H4,85,86,91)(H4,87,88,92)(H4,89,90,93)/t44-,45-,46-,47+,50-,51-,52-,53-,54-,55-,56-,57-,58-,59-,60-,62-/m0/s1. The zero-order valence-corrected chi connectivity index (χ0v) is 75.6. The number of guanidine groups is 3. The number of aliphatic carboxylic acids is 1. The van der Waals surface area contributed by atoms with Crippen LogP contribution in [-0.4, -0.2) is 269 Å². The largest absolute Gasteiger partial charge is 0.508 e. The van der Waals surface area contributed by atoms with E-state index < -0.39 is 222 Å². The van der Waals surface area contributed by atoms with Gasteiger partial charge in [0, 0.05) is 32.5 Å². The molecule has 0 aliphatic carbocycles. The summed E-state index contributed by atoms with van der Waals surface area (Å²) < 4.78 is 0. The number of amides is 15. The van der Waals surface area contributed by atoms with Gasteiger partial charge in [0.2, 0.25) is 88.6 Å². The van der Waals surface area contributed by atoms with Gasteiger partial charge in [-0.3, -0.25) is 88.1 Å². The number of hydrogen-bond acceptors (Lipinski definition) is 25. The molecule has 0 unspecified atom stereocenters. The lowest BCUT2D eigenvalue weighted by Gasteiger charge is -2.29. The van der Waals surface area contributed by atoms with Gasteiger partial charge in [0.15, 0.2) is 17.9 Å². The quantitative estimate of drug-likeness (QED) is 0.0164. The number of thioether (sulfide) groups is 1. The van der Waals surface area contributed by atoms with Gasteiger partial charge in [0.05, 0.1) is 12.1 Å². The summed E-state index contributed by atoms with van der Waals surface area (Å²) in [5, 5.41) is 97.5. The summed E-state index contributed by atoms with van der Waals surface area (Å²) in [6.45, 7) is 15.9. The molecule has 0 aromatic heterocycles. The van der Waals surface area contributed by atoms with Crippen LogP contribution in [0.4, 0.5) is 0 Å². The molecule has 0 bridgehead atoms. The Kier molecular flexibility index (Phi) is 54.6. The predicted octanol–water partition coefficient (Wildman–Crippen LogP) is -6.22. The Morgan fingerprint density at radius 3 is 0.984 bits per heavy atom. The van der Waals surface area contributed by atoms with E-state index in [1.165, 1.54) is 63.7 Å². The molecule has 15 amide bonds. The van der Waals surface area contributed by atoms with Crippen molar-refractivity contribution in [2.24, 2.45) is 57.9 Å². The lowest BCUT2D eigenvalue weighted by molar-refractivity contribution is -0.142. The van der Waals surface area contributed by atoms with E-state index in [0.717, 1.165) is 0 Å². The van der Waals surface area contributed by atoms with Crippen molar-refractivity contribution < 1.29 is 92.0 Å². The number of phenols is 1. The second-order valence-electron chi connectivity index (χ2n) is 32.5. The number of carbonyl (C=O) groups is 16. The molecule has 1 aromatic rings. The maximum Gasteiger partial charge on any atom is 0.326 e. The van der Waals surface area contributed by atoms with E-state index in [9.17, 15) is 92.0 Å². The van der Waals surface area contributed by atoms with Crippen molar-refractivity contribution in [2.45, 2.75) is 288 Å². The van der Waals surface area contributed by atoms with Gasteiger partial charge in [-0.1, -0.05) is 53.7 Å². The SMILES string of the molecule is CSCC[C@H](NC(=O)[C@H](C)NC(=O)[C@@H](NC(=O)[C@H](CCCNC(=N)N)NC(=O)[C@H](Cc1ccc(O)cc1)NC(=O)[C@H](C)N)[C@@H](C)O)C(=O)N[C@@H](CCCCN)C(=O)N[C@@H](CC(C)C)C(=O)N[C@@H](CCCNC(=N)N)C(=O)N[C@@H](CCCNC(=N)N)C(=O)N[C@@H](CC(C)C)C(=O)N[C@@H](CCC(N)=O)C(=O)N[C@@H](CCCCN)C(=O)N[C@@H](C)C(=O)N[C@@H](CC(C)C)C(=O)O. The first-order chi connectivity index (χ1) is 59.6. The summed E-state index contributed by atoms with van der Waals surface area (Å²) in [6.07, 6.45) is -0.359. The van der Waals surface area contributed by atoms with Crippen LogP contribution < -0.4 is 131 Å². The van der Waals surface area contributed by atoms with Crippen LogP contribution in [0.2, 0.25) is 0 Å². The van der Waals surface area contributed by atoms with E-state index in [1.54, 1.807) is 47.8 Å². The van der Waals surface area contributed by atoms with Crippen LogP contribution in [0.5, 0.6) is 5.75 Å². The molecule has 0 radical (unpaired) electrons. The molecule has 16 atom stereocenters. The molecule has 0 saturated carbocycles. The highest BCUT2D eigenvalue weighted by Crippen LogP contribution is 2.17. The number of nitrogens with one attached hydrogen (secondary N) is 20. The number of nitrogens with two attached hydrogens (primary N) is 7. The number of carbonyl (C=O) groups excluding carboxylic acids is 15. The maximum atomic E-state index is 14.9. The van der Waals surface area contributed by atoms with Crippen LogP contribution in [-0.2, 0) is 83.1 Å². The molecule has 0 saturated heterocycles. The molecule has 0 spiro atoms. The highest BCUT2D eigenvalue weighted by Gasteiger charge is 2.39. The molecule has 46 nitrogen and oxygen atoms in total. The van der Waals surface area contributed by atoms with Crippen molar-refractivity contribution in [2.75, 3.05) is 44.7 Å². The van der Waals surface area contributed by atoms with Gasteiger partial charge in [0.25, 0.3) is 0 Å². The number of unbranched alkanes of at least 4 members (excludes halogenated alkanes) is 2. The zero-order valence-electron chi connectivity index (χ0n) is 74.8. The summed E-state index contributed by atoms with van der Waals surface area (Å²) in [7, 11) is 0. The molecule has 47 heteroatoms. The van der Waals surface area contributed by atoms with Crippen molar-refractivity contribution in [3.8, 4) is 5.75 Å². The van der Waals surface area contributed by atoms with Crippen LogP contribution >= 0.6 is 11.8 Å². The number of hydrogen-bond donors (Lipinski definition) is 30. The number of carboxylic acids is 1. The fraction of sp³-hybridized carbons (Fsp3) is 0.688. The molecule has 0 aliphatic rings. The van der Waals surface area contributed by atoms with Crippen molar-refractivity contribution in [1.82, 2.24) is 90.4 Å². The Hall–Kier alpha value is -11.5. The van der Waals surface area contributed by atoms with E-state index >= 15 is 0 Å². The fourth-order valence-electron chi connectivity index (χ4n) is 12.6. The van der Waals surface area contributed by atoms with Crippen molar-refractivity contribution >= 4 is 124 Å². The lowest BCUT2D eigenvalue weighted by atomic mass is 10.00. The Morgan fingerprint density at radius 2 is 0.654 bits per heavy atom. The number of carboxylic acid groups (broad SMARTS) is 1. The highest BCUT2D eigenvalue weighted by molar-refractivity contribution is 7.98. The molecular weight excluding hydrogens is 1680 g/mol. The third-order valence-electron chi connectivity index (χ3n) is 19.6. The average molecular weight is 1820 g/mol. The molecule has 0 fully saturated rings. The third-order valence-corrected chi connectivity index (χ3v) is 20.2. The van der Waals surface area contributed by atoms with Crippen molar-refractivity contribution in [1.29, 1.82) is 16.2 Å². The van der Waals surface area contributed by atoms with Gasteiger partial charge in [-0.25, -0.2) is 4.79 Å². The average Bonchev–Trinajstić information content (AvgIpc) is 0.847. The molecule has 1 rings (SSSR count). The topological polar surface area (TPSA) is 792 Å². The predicted molar refractivity (Wildman–Crippen MR) is 476 cm³/mol. The van der Waals surface area contributed by atoms with Gasteiger partial charge in [-0.2, -0.15) is 11.8 Å². The maximum absolute atomic E-state index is 14.9. The number of aliphatic hydroxyl groups is 1. The minimum Gasteiger partial charge on any atom is -0.508 e. The molecule has 718 valence electrons. The number of primary amides is 1. The first-order valence-corrected chi connectivity index (χ1v) is 44.1. The second kappa shape index (κ2) is 61.0. The van der Waals surface area contributed by atoms with E-state index in [4.69, 9.17) is 56.4 Å². The Bertz CT molecular complexity index is 3770. The van der Waals surface area contributed by atoms with Gasteiger partial charge >= 0.3 is 5.97 Å². The Labute approximate surface area is 745 Å². The van der Waals surface area contributed by atoms with Gasteiger partial charge in [-0.05, 0) is 197 Å². The van der Waals surface area contributed by atoms with Crippen LogP contribution in [0, 0.1) is 34.0 Å². The summed E-state index contributed by atoms with van der Waals surface area (Å²) in [5.41, 5.74) is 40.1. The first kappa shape index (κ1) is 114. The summed E-state index contributed by atoms with van der Waals surface area (Å²) in [6, 6.07) is -15.9. The number of phenolic OH excluding ortho intramolecular Hbond substituents is 1. The minimum atomic E-state index is -1.80. The number of rotatable bonds is 64. The summed E-state index contributed by atoms with van der Waals surface area (Å²) in [5.74, 6) is -17.0. The van der Waals surface area contributed by atoms with Crippen LogP contribution in [0.1, 0.15) is 190 Å². The van der Waals surface area contributed by atoms with Gasteiger partial charge in [0.1, 0.15) is 90.3 Å². The Balaban J connectivity index is 3.79. The molecule has 37 N–H and O–H groups in total. The van der Waals surface area contributed by atoms with E-state index in [-0.39, 0.29) is 158 Å². The van der Waals surface area contributed by atoms with Crippen LogP contribution in [0.15, 0.2) is 24.3 Å². The monoisotopic (exact) mass is 1820 g/mol. The normalized spacial score (nSPS) is 14.9. The Morgan fingerprint density at radius 1 is 0.362 bits per heavy atom. The number of aliphatic hydroxyl groups excluding tert-OH is 1. The summed E-state index contributed by atoms with van der Waals surface area (Å²) >= 11 is 1.30. The fourth-order valence-corrected chi connectivity index (χ4v) is 13.1.